The summed E-state index contributed by atoms with van der Waals surface area (Å²) in [6.07, 6.45) is 3.71. The highest BCUT2D eigenvalue weighted by Gasteiger charge is 2.22. The molecule has 18 heavy (non-hydrogen) atoms. The zero-order valence-electron chi connectivity index (χ0n) is 11.4. The molecule has 2 heterocycles. The van der Waals surface area contributed by atoms with E-state index in [9.17, 15) is 0 Å². The third-order valence-electron chi connectivity index (χ3n) is 2.94. The van der Waals surface area contributed by atoms with Gasteiger partial charge in [0.25, 0.3) is 0 Å². The van der Waals surface area contributed by atoms with Crippen LogP contribution in [0.2, 0.25) is 0 Å². The van der Waals surface area contributed by atoms with Crippen LogP contribution in [0.15, 0.2) is 12.4 Å². The van der Waals surface area contributed by atoms with E-state index in [1.807, 2.05) is 12.4 Å². The van der Waals surface area contributed by atoms with E-state index in [-0.39, 0.29) is 0 Å². The second-order valence-electron chi connectivity index (χ2n) is 4.87. The van der Waals surface area contributed by atoms with Crippen LogP contribution in [0.1, 0.15) is 26.5 Å². The molecule has 5 heteroatoms. The topological polar surface area (TPSA) is 41.1 Å². The average Bonchev–Trinajstić information content (AvgIpc) is 2.31. The fourth-order valence-electron chi connectivity index (χ4n) is 2.35. The van der Waals surface area contributed by atoms with Crippen LogP contribution >= 0.6 is 11.8 Å². The first kappa shape index (κ1) is 13.6. The van der Waals surface area contributed by atoms with Crippen molar-refractivity contribution < 1.29 is 0 Å². The predicted molar refractivity (Wildman–Crippen MR) is 78.0 cm³/mol. The fraction of sp³-hybridized carbons (Fsp3) is 0.692. The Hall–Kier alpha value is -0.810. The van der Waals surface area contributed by atoms with Crippen molar-refractivity contribution in [2.75, 3.05) is 25.0 Å². The van der Waals surface area contributed by atoms with Gasteiger partial charge < -0.3 is 5.32 Å². The van der Waals surface area contributed by atoms with Crippen LogP contribution in [-0.4, -0.2) is 45.0 Å². The van der Waals surface area contributed by atoms with Gasteiger partial charge in [-0.15, -0.1) is 0 Å². The van der Waals surface area contributed by atoms with Crippen molar-refractivity contribution in [3.05, 3.63) is 18.1 Å². The molecule has 0 amide bonds. The Morgan fingerprint density at radius 1 is 1.28 bits per heavy atom. The minimum atomic E-state index is 0.711. The monoisotopic (exact) mass is 266 g/mol. The van der Waals surface area contributed by atoms with Crippen LogP contribution in [-0.2, 0) is 6.54 Å². The van der Waals surface area contributed by atoms with Crippen molar-refractivity contribution in [1.82, 2.24) is 14.9 Å². The van der Waals surface area contributed by atoms with Crippen LogP contribution < -0.4 is 5.32 Å². The van der Waals surface area contributed by atoms with Crippen molar-refractivity contribution in [3.63, 3.8) is 0 Å². The molecule has 1 aromatic rings. The molecule has 2 unspecified atom stereocenters. The minimum absolute atomic E-state index is 0.711. The van der Waals surface area contributed by atoms with Crippen molar-refractivity contribution in [1.29, 1.82) is 0 Å². The fourth-order valence-corrected chi connectivity index (χ4v) is 3.74. The molecule has 100 valence electrons. The molecule has 2 atom stereocenters. The Bertz CT molecular complexity index is 358. The van der Waals surface area contributed by atoms with Gasteiger partial charge in [-0.1, -0.05) is 13.8 Å². The van der Waals surface area contributed by atoms with Crippen LogP contribution in [0, 0.1) is 0 Å². The van der Waals surface area contributed by atoms with Gasteiger partial charge in [-0.05, 0) is 6.92 Å². The highest BCUT2D eigenvalue weighted by Crippen LogP contribution is 2.25. The molecule has 0 radical (unpaired) electrons. The number of aromatic nitrogens is 2. The van der Waals surface area contributed by atoms with Crippen molar-refractivity contribution >= 4 is 17.6 Å². The number of anilines is 1. The number of nitrogens with one attached hydrogen (secondary N) is 1. The summed E-state index contributed by atoms with van der Waals surface area (Å²) in [6.45, 7) is 10.7. The summed E-state index contributed by atoms with van der Waals surface area (Å²) in [5.74, 6) is 0.859. The van der Waals surface area contributed by atoms with E-state index >= 15 is 0 Å². The third-order valence-corrected chi connectivity index (χ3v) is 4.17. The summed E-state index contributed by atoms with van der Waals surface area (Å²) in [7, 11) is 0. The Balaban J connectivity index is 1.92. The van der Waals surface area contributed by atoms with Crippen LogP contribution in [0.5, 0.6) is 0 Å². The number of nitrogens with zero attached hydrogens (tertiary/aromatic N) is 3. The van der Waals surface area contributed by atoms with Gasteiger partial charge in [0, 0.05) is 36.7 Å². The summed E-state index contributed by atoms with van der Waals surface area (Å²) < 4.78 is 0. The predicted octanol–water partition coefficient (Wildman–Crippen LogP) is 2.23. The Morgan fingerprint density at radius 2 is 2.00 bits per heavy atom. The molecule has 1 aromatic heterocycles. The molecule has 1 aliphatic rings. The van der Waals surface area contributed by atoms with Crippen molar-refractivity contribution in [3.8, 4) is 0 Å². The van der Waals surface area contributed by atoms with Gasteiger partial charge in [0.15, 0.2) is 0 Å². The zero-order chi connectivity index (χ0) is 13.0. The maximum Gasteiger partial charge on any atom is 0.144 e. The molecule has 1 saturated heterocycles. The second-order valence-corrected chi connectivity index (χ2v) is 6.76. The molecule has 4 nitrogen and oxygen atoms in total. The SMILES string of the molecule is CCNc1cnc(CN2CC(C)SC(C)C2)cn1. The molecule has 1 fully saturated rings. The molecule has 0 aliphatic carbocycles. The second kappa shape index (κ2) is 6.38. The maximum absolute atomic E-state index is 4.47. The molecular weight excluding hydrogens is 244 g/mol. The number of hydrogen-bond donors (Lipinski definition) is 1. The average molecular weight is 266 g/mol. The molecule has 1 aliphatic heterocycles. The van der Waals surface area contributed by atoms with E-state index in [0.29, 0.717) is 10.5 Å². The molecule has 0 bridgehead atoms. The van der Waals surface area contributed by atoms with Crippen molar-refractivity contribution in [2.45, 2.75) is 37.8 Å². The first-order valence-corrected chi connectivity index (χ1v) is 7.54. The van der Waals surface area contributed by atoms with Crippen LogP contribution in [0.4, 0.5) is 5.82 Å². The maximum atomic E-state index is 4.47. The van der Waals surface area contributed by atoms with Crippen LogP contribution in [0.3, 0.4) is 0 Å². The summed E-state index contributed by atoms with van der Waals surface area (Å²) in [4.78, 5) is 11.3. The summed E-state index contributed by atoms with van der Waals surface area (Å²) in [6, 6.07) is 0. The number of hydrogen-bond acceptors (Lipinski definition) is 5. The zero-order valence-corrected chi connectivity index (χ0v) is 12.2. The number of rotatable bonds is 4. The highest BCUT2D eigenvalue weighted by molar-refractivity contribution is 8.00. The summed E-state index contributed by atoms with van der Waals surface area (Å²) >= 11 is 2.08. The van der Waals surface area contributed by atoms with E-state index in [1.54, 1.807) is 0 Å². The first-order valence-electron chi connectivity index (χ1n) is 6.60. The van der Waals surface area contributed by atoms with Gasteiger partial charge in [-0.25, -0.2) is 4.98 Å². The van der Waals surface area contributed by atoms with Gasteiger partial charge in [0.1, 0.15) is 5.82 Å². The van der Waals surface area contributed by atoms with E-state index in [2.05, 4.69) is 52.7 Å². The quantitative estimate of drug-likeness (QED) is 0.905. The number of thioether (sulfide) groups is 1. The molecule has 0 aromatic carbocycles. The lowest BCUT2D eigenvalue weighted by Crippen LogP contribution is -2.39. The van der Waals surface area contributed by atoms with E-state index < -0.39 is 0 Å². The van der Waals surface area contributed by atoms with Crippen molar-refractivity contribution in [2.24, 2.45) is 0 Å². The smallest absolute Gasteiger partial charge is 0.144 e. The lowest BCUT2D eigenvalue weighted by atomic mass is 10.3. The molecular formula is C13H22N4S. The molecule has 0 spiro atoms. The normalized spacial score (nSPS) is 25.1. The lowest BCUT2D eigenvalue weighted by molar-refractivity contribution is 0.259. The highest BCUT2D eigenvalue weighted by atomic mass is 32.2. The van der Waals surface area contributed by atoms with E-state index in [0.717, 1.165) is 37.7 Å². The summed E-state index contributed by atoms with van der Waals surface area (Å²) in [5, 5.41) is 4.58. The first-order chi connectivity index (χ1) is 8.67. The summed E-state index contributed by atoms with van der Waals surface area (Å²) in [5.41, 5.74) is 1.06. The molecule has 1 N–H and O–H groups in total. The van der Waals surface area contributed by atoms with E-state index in [1.165, 1.54) is 0 Å². The molecule has 2 rings (SSSR count). The largest absolute Gasteiger partial charge is 0.369 e. The molecule has 0 saturated carbocycles. The van der Waals surface area contributed by atoms with E-state index in [4.69, 9.17) is 0 Å². The lowest BCUT2D eigenvalue weighted by Gasteiger charge is -2.34. The Morgan fingerprint density at radius 3 is 2.56 bits per heavy atom. The van der Waals surface area contributed by atoms with Gasteiger partial charge in [-0.2, -0.15) is 11.8 Å². The van der Waals surface area contributed by atoms with Gasteiger partial charge >= 0.3 is 0 Å². The standard InChI is InChI=1S/C13H22N4S/c1-4-14-13-6-15-12(5-16-13)9-17-7-10(2)18-11(3)8-17/h5-6,10-11H,4,7-9H2,1-3H3,(H,14,16). The minimum Gasteiger partial charge on any atom is -0.369 e. The van der Waals surface area contributed by atoms with Crippen LogP contribution in [0.25, 0.3) is 0 Å². The third kappa shape index (κ3) is 3.85. The Kier molecular flexibility index (Phi) is 4.83. The van der Waals surface area contributed by atoms with Gasteiger partial charge in [0.2, 0.25) is 0 Å². The Labute approximate surface area is 114 Å². The van der Waals surface area contributed by atoms with Gasteiger partial charge in [0.05, 0.1) is 18.1 Å². The van der Waals surface area contributed by atoms with Gasteiger partial charge in [-0.3, -0.25) is 9.88 Å².